The molecule has 0 aromatic heterocycles. The Bertz CT molecular complexity index is 125. The molecule has 0 N–H and O–H groups in total. The Kier molecular flexibility index (Phi) is 3.23. The first-order chi connectivity index (χ1) is 4.83. The van der Waals surface area contributed by atoms with Crippen molar-refractivity contribution in [2.45, 2.75) is 25.9 Å². The summed E-state index contributed by atoms with van der Waals surface area (Å²) in [7, 11) is 0. The van der Waals surface area contributed by atoms with E-state index in [0.29, 0.717) is 12.0 Å². The highest BCUT2D eigenvalue weighted by Crippen LogP contribution is 2.14. The monoisotopic (exact) mass is 160 g/mol. The Balaban J connectivity index is 2.34. The van der Waals surface area contributed by atoms with Gasteiger partial charge in [-0.1, -0.05) is 11.6 Å². The maximum Gasteiger partial charge on any atom is 0.0759 e. The molecule has 1 heterocycles. The molecule has 1 rings (SSSR count). The maximum absolute atomic E-state index is 5.61. The summed E-state index contributed by atoms with van der Waals surface area (Å²) in [5, 5.41) is 0. The maximum atomic E-state index is 5.61. The topological polar surface area (TPSA) is 9.23 Å². The predicted molar refractivity (Wildman–Crippen MR) is 43.5 cm³/mol. The SMILES string of the molecule is C/C(=C\C1CCCO1)CCl. The van der Waals surface area contributed by atoms with Crippen LogP contribution in [-0.4, -0.2) is 18.6 Å². The third-order valence-electron chi connectivity index (χ3n) is 1.65. The van der Waals surface area contributed by atoms with Crippen LogP contribution in [0.2, 0.25) is 0 Å². The molecule has 1 atom stereocenters. The largest absolute Gasteiger partial charge is 0.374 e. The van der Waals surface area contributed by atoms with Crippen molar-refractivity contribution < 1.29 is 4.74 Å². The Hall–Kier alpha value is -0.0100. The molecule has 0 bridgehead atoms. The smallest absolute Gasteiger partial charge is 0.0759 e. The van der Waals surface area contributed by atoms with Gasteiger partial charge in [0.05, 0.1) is 6.10 Å². The van der Waals surface area contributed by atoms with E-state index in [1.54, 1.807) is 0 Å². The highest BCUT2D eigenvalue weighted by molar-refractivity contribution is 6.19. The fraction of sp³-hybridized carbons (Fsp3) is 0.750. The minimum absolute atomic E-state index is 0.346. The van der Waals surface area contributed by atoms with E-state index in [1.807, 2.05) is 6.92 Å². The van der Waals surface area contributed by atoms with Crippen LogP contribution in [0.15, 0.2) is 11.6 Å². The summed E-state index contributed by atoms with van der Waals surface area (Å²) in [5.74, 6) is 0.625. The van der Waals surface area contributed by atoms with Crippen LogP contribution in [0.1, 0.15) is 19.8 Å². The lowest BCUT2D eigenvalue weighted by Crippen LogP contribution is -2.00. The Labute approximate surface area is 67.0 Å². The van der Waals surface area contributed by atoms with Gasteiger partial charge >= 0.3 is 0 Å². The van der Waals surface area contributed by atoms with Crippen molar-refractivity contribution in [2.24, 2.45) is 0 Å². The van der Waals surface area contributed by atoms with Gasteiger partial charge in [0.1, 0.15) is 0 Å². The van der Waals surface area contributed by atoms with Crippen LogP contribution in [-0.2, 0) is 4.74 Å². The van der Waals surface area contributed by atoms with Crippen molar-refractivity contribution >= 4 is 11.6 Å². The lowest BCUT2D eigenvalue weighted by Gasteiger charge is -2.02. The van der Waals surface area contributed by atoms with Crippen molar-refractivity contribution in [3.05, 3.63) is 11.6 Å². The molecular weight excluding hydrogens is 148 g/mol. The molecule has 1 nitrogen and oxygen atoms in total. The zero-order chi connectivity index (χ0) is 7.40. The van der Waals surface area contributed by atoms with Crippen LogP contribution in [0.25, 0.3) is 0 Å². The summed E-state index contributed by atoms with van der Waals surface area (Å²) in [6.07, 6.45) is 4.82. The highest BCUT2D eigenvalue weighted by Gasteiger charge is 2.11. The average molecular weight is 161 g/mol. The van der Waals surface area contributed by atoms with E-state index >= 15 is 0 Å². The molecule has 0 saturated carbocycles. The van der Waals surface area contributed by atoms with Gasteiger partial charge in [-0.05, 0) is 19.8 Å². The number of rotatable bonds is 2. The summed E-state index contributed by atoms with van der Waals surface area (Å²) >= 11 is 5.61. The first kappa shape index (κ1) is 8.09. The fourth-order valence-electron chi connectivity index (χ4n) is 1.10. The molecule has 58 valence electrons. The molecule has 0 aromatic rings. The number of ether oxygens (including phenoxy) is 1. The second-order valence-corrected chi connectivity index (χ2v) is 2.97. The van der Waals surface area contributed by atoms with Gasteiger partial charge in [-0.15, -0.1) is 11.6 Å². The molecule has 1 unspecified atom stereocenters. The van der Waals surface area contributed by atoms with E-state index in [9.17, 15) is 0 Å². The predicted octanol–water partition coefficient (Wildman–Crippen LogP) is 2.35. The van der Waals surface area contributed by atoms with Crippen LogP contribution < -0.4 is 0 Å². The molecule has 1 saturated heterocycles. The second kappa shape index (κ2) is 3.99. The summed E-state index contributed by atoms with van der Waals surface area (Å²) in [6, 6.07) is 0. The molecule has 1 aliphatic heterocycles. The molecular formula is C8H13ClO. The van der Waals surface area contributed by atoms with E-state index < -0.39 is 0 Å². The lowest BCUT2D eigenvalue weighted by molar-refractivity contribution is 0.145. The Morgan fingerprint density at radius 2 is 2.60 bits per heavy atom. The van der Waals surface area contributed by atoms with Crippen LogP contribution in [0.3, 0.4) is 0 Å². The second-order valence-electron chi connectivity index (χ2n) is 2.70. The average Bonchev–Trinajstić information content (AvgIpc) is 2.40. The van der Waals surface area contributed by atoms with Gasteiger partial charge < -0.3 is 4.74 Å². The normalized spacial score (nSPS) is 27.4. The van der Waals surface area contributed by atoms with Gasteiger partial charge in [0.15, 0.2) is 0 Å². The molecule has 1 fully saturated rings. The van der Waals surface area contributed by atoms with Crippen molar-refractivity contribution in [3.63, 3.8) is 0 Å². The minimum atomic E-state index is 0.346. The van der Waals surface area contributed by atoms with Crippen molar-refractivity contribution in [3.8, 4) is 0 Å². The van der Waals surface area contributed by atoms with Crippen molar-refractivity contribution in [2.75, 3.05) is 12.5 Å². The van der Waals surface area contributed by atoms with Gasteiger partial charge in [0.2, 0.25) is 0 Å². The first-order valence-corrected chi connectivity index (χ1v) is 4.21. The van der Waals surface area contributed by atoms with Crippen molar-refractivity contribution in [1.82, 2.24) is 0 Å². The quantitative estimate of drug-likeness (QED) is 0.445. The third kappa shape index (κ3) is 2.31. The summed E-state index contributed by atoms with van der Waals surface area (Å²) in [6.45, 7) is 2.95. The van der Waals surface area contributed by atoms with Crippen LogP contribution in [0, 0.1) is 0 Å². The van der Waals surface area contributed by atoms with Gasteiger partial charge in [-0.3, -0.25) is 0 Å². The van der Waals surface area contributed by atoms with E-state index in [1.165, 1.54) is 12.0 Å². The first-order valence-electron chi connectivity index (χ1n) is 3.68. The van der Waals surface area contributed by atoms with E-state index in [4.69, 9.17) is 16.3 Å². The number of halogens is 1. The van der Waals surface area contributed by atoms with Crippen LogP contribution in [0.5, 0.6) is 0 Å². The van der Waals surface area contributed by atoms with E-state index in [-0.39, 0.29) is 0 Å². The van der Waals surface area contributed by atoms with Crippen molar-refractivity contribution in [1.29, 1.82) is 0 Å². The van der Waals surface area contributed by atoms with Crippen LogP contribution >= 0.6 is 11.6 Å². The molecule has 1 aliphatic rings. The standard InChI is InChI=1S/C8H13ClO/c1-7(6-9)5-8-3-2-4-10-8/h5,8H,2-4,6H2,1H3/b7-5+. The highest BCUT2D eigenvalue weighted by atomic mass is 35.5. The van der Waals surface area contributed by atoms with Crippen LogP contribution in [0.4, 0.5) is 0 Å². The minimum Gasteiger partial charge on any atom is -0.374 e. The number of allylic oxidation sites excluding steroid dienone is 1. The number of alkyl halides is 1. The fourth-order valence-corrected chi connectivity index (χ4v) is 1.18. The Morgan fingerprint density at radius 1 is 1.80 bits per heavy atom. The van der Waals surface area contributed by atoms with Gasteiger partial charge in [0.25, 0.3) is 0 Å². The molecule has 0 aromatic carbocycles. The molecule has 10 heavy (non-hydrogen) atoms. The third-order valence-corrected chi connectivity index (χ3v) is 2.07. The zero-order valence-corrected chi connectivity index (χ0v) is 7.03. The summed E-state index contributed by atoms with van der Waals surface area (Å²) in [4.78, 5) is 0. The zero-order valence-electron chi connectivity index (χ0n) is 6.27. The molecule has 0 amide bonds. The molecule has 2 heteroatoms. The molecule has 0 radical (unpaired) electrons. The number of hydrogen-bond donors (Lipinski definition) is 0. The van der Waals surface area contributed by atoms with Gasteiger partial charge in [0, 0.05) is 12.5 Å². The van der Waals surface area contributed by atoms with Gasteiger partial charge in [-0.2, -0.15) is 0 Å². The molecule has 0 spiro atoms. The molecule has 0 aliphatic carbocycles. The summed E-state index contributed by atoms with van der Waals surface area (Å²) < 4.78 is 5.39. The lowest BCUT2D eigenvalue weighted by atomic mass is 10.2. The van der Waals surface area contributed by atoms with Gasteiger partial charge in [-0.25, -0.2) is 0 Å². The Morgan fingerprint density at radius 3 is 3.10 bits per heavy atom. The van der Waals surface area contributed by atoms with E-state index in [2.05, 4.69) is 6.08 Å². The summed E-state index contributed by atoms with van der Waals surface area (Å²) in [5.41, 5.74) is 1.22. The van der Waals surface area contributed by atoms with E-state index in [0.717, 1.165) is 13.0 Å². The number of hydrogen-bond acceptors (Lipinski definition) is 1.